The SMILES string of the molecule is CCOc1ccc(N2C(=O)C(=O)/C(=C(\O)c3ccc(Cl)cc3)C2c2ccc(O)c(OCC)c2)cc1. The Kier molecular flexibility index (Phi) is 6.98. The molecule has 1 aliphatic rings. The average Bonchev–Trinajstić information content (AvgIpc) is 3.12. The van der Waals surface area contributed by atoms with Gasteiger partial charge in [-0.2, -0.15) is 0 Å². The molecule has 35 heavy (non-hydrogen) atoms. The summed E-state index contributed by atoms with van der Waals surface area (Å²) < 4.78 is 11.0. The third-order valence-electron chi connectivity index (χ3n) is 5.59. The second-order valence-electron chi connectivity index (χ2n) is 7.76. The minimum absolute atomic E-state index is 0.0775. The van der Waals surface area contributed by atoms with E-state index in [9.17, 15) is 19.8 Å². The Morgan fingerprint density at radius 3 is 2.23 bits per heavy atom. The molecule has 4 rings (SSSR count). The van der Waals surface area contributed by atoms with Crippen LogP contribution in [0.5, 0.6) is 17.2 Å². The lowest BCUT2D eigenvalue weighted by Gasteiger charge is -2.26. The number of rotatable bonds is 7. The van der Waals surface area contributed by atoms with E-state index in [-0.39, 0.29) is 22.8 Å². The molecule has 8 heteroatoms. The van der Waals surface area contributed by atoms with Crippen LogP contribution in [0.1, 0.15) is 31.0 Å². The topological polar surface area (TPSA) is 96.3 Å². The van der Waals surface area contributed by atoms with Gasteiger partial charge in [0.05, 0.1) is 24.8 Å². The average molecular weight is 494 g/mol. The quantitative estimate of drug-likeness (QED) is 0.257. The van der Waals surface area contributed by atoms with E-state index in [1.54, 1.807) is 67.6 Å². The minimum atomic E-state index is -0.969. The van der Waals surface area contributed by atoms with Gasteiger partial charge in [-0.05, 0) is 80.1 Å². The number of nitrogens with zero attached hydrogens (tertiary/aromatic N) is 1. The Bertz CT molecular complexity index is 1280. The number of carbonyl (C=O) groups excluding carboxylic acids is 2. The van der Waals surface area contributed by atoms with E-state index in [1.807, 2.05) is 6.92 Å². The van der Waals surface area contributed by atoms with Crippen molar-refractivity contribution < 1.29 is 29.3 Å². The molecule has 0 bridgehead atoms. The van der Waals surface area contributed by atoms with E-state index in [0.29, 0.717) is 40.8 Å². The predicted octanol–water partition coefficient (Wildman–Crippen LogP) is 5.47. The van der Waals surface area contributed by atoms with Gasteiger partial charge in [-0.15, -0.1) is 0 Å². The summed E-state index contributed by atoms with van der Waals surface area (Å²) in [7, 11) is 0. The molecule has 1 saturated heterocycles. The molecule has 7 nitrogen and oxygen atoms in total. The van der Waals surface area contributed by atoms with Gasteiger partial charge in [0.15, 0.2) is 11.5 Å². The molecule has 180 valence electrons. The number of carbonyl (C=O) groups is 2. The normalized spacial score (nSPS) is 17.0. The van der Waals surface area contributed by atoms with Crippen molar-refractivity contribution in [2.75, 3.05) is 18.1 Å². The van der Waals surface area contributed by atoms with Gasteiger partial charge in [-0.25, -0.2) is 0 Å². The highest BCUT2D eigenvalue weighted by molar-refractivity contribution is 6.51. The molecule has 0 spiro atoms. The highest BCUT2D eigenvalue weighted by Crippen LogP contribution is 2.44. The maximum Gasteiger partial charge on any atom is 0.300 e. The van der Waals surface area contributed by atoms with Crippen LogP contribution >= 0.6 is 11.6 Å². The number of aliphatic hydroxyl groups is 1. The lowest BCUT2D eigenvalue weighted by molar-refractivity contribution is -0.132. The van der Waals surface area contributed by atoms with Gasteiger partial charge in [0.2, 0.25) is 0 Å². The van der Waals surface area contributed by atoms with Gasteiger partial charge in [0, 0.05) is 16.3 Å². The molecule has 0 saturated carbocycles. The van der Waals surface area contributed by atoms with Crippen molar-refractivity contribution in [1.29, 1.82) is 0 Å². The number of amides is 1. The first-order chi connectivity index (χ1) is 16.8. The van der Waals surface area contributed by atoms with E-state index >= 15 is 0 Å². The number of ether oxygens (including phenoxy) is 2. The molecule has 1 aliphatic heterocycles. The lowest BCUT2D eigenvalue weighted by atomic mass is 9.94. The number of aromatic hydroxyl groups is 1. The fourth-order valence-corrected chi connectivity index (χ4v) is 4.15. The zero-order chi connectivity index (χ0) is 25.1. The molecule has 1 atom stereocenters. The zero-order valence-corrected chi connectivity index (χ0v) is 20.0. The third kappa shape index (κ3) is 4.68. The maximum absolute atomic E-state index is 13.3. The maximum atomic E-state index is 13.3. The van der Waals surface area contributed by atoms with Crippen LogP contribution in [0.2, 0.25) is 5.02 Å². The van der Waals surface area contributed by atoms with Crippen molar-refractivity contribution in [3.05, 3.63) is 88.5 Å². The number of phenols is 1. The third-order valence-corrected chi connectivity index (χ3v) is 5.84. The summed E-state index contributed by atoms with van der Waals surface area (Å²) in [5.74, 6) is -1.21. The van der Waals surface area contributed by atoms with Crippen molar-refractivity contribution in [2.45, 2.75) is 19.9 Å². The minimum Gasteiger partial charge on any atom is -0.507 e. The lowest BCUT2D eigenvalue weighted by Crippen LogP contribution is -2.29. The van der Waals surface area contributed by atoms with Crippen molar-refractivity contribution in [3.63, 3.8) is 0 Å². The van der Waals surface area contributed by atoms with Gasteiger partial charge >= 0.3 is 0 Å². The first-order valence-electron chi connectivity index (χ1n) is 11.1. The molecule has 1 heterocycles. The number of benzene rings is 3. The molecule has 0 aromatic heterocycles. The van der Waals surface area contributed by atoms with Crippen molar-refractivity contribution in [3.8, 4) is 17.2 Å². The summed E-state index contributed by atoms with van der Waals surface area (Å²) in [6.45, 7) is 4.43. The summed E-state index contributed by atoms with van der Waals surface area (Å²) in [6, 6.07) is 16.7. The van der Waals surface area contributed by atoms with E-state index < -0.39 is 17.7 Å². The molecular weight excluding hydrogens is 470 g/mol. The summed E-state index contributed by atoms with van der Waals surface area (Å²) in [6.07, 6.45) is 0. The van der Waals surface area contributed by atoms with E-state index in [0.717, 1.165) is 0 Å². The summed E-state index contributed by atoms with van der Waals surface area (Å²) in [4.78, 5) is 27.9. The molecule has 1 fully saturated rings. The van der Waals surface area contributed by atoms with Crippen molar-refractivity contribution in [1.82, 2.24) is 0 Å². The second-order valence-corrected chi connectivity index (χ2v) is 8.20. The first-order valence-corrected chi connectivity index (χ1v) is 11.5. The molecule has 1 unspecified atom stereocenters. The van der Waals surface area contributed by atoms with Crippen LogP contribution in [0.25, 0.3) is 5.76 Å². The Morgan fingerprint density at radius 2 is 1.60 bits per heavy atom. The monoisotopic (exact) mass is 493 g/mol. The molecule has 0 aliphatic carbocycles. The Hall–Kier alpha value is -3.97. The number of phenolic OH excluding ortho intramolecular Hbond substituents is 1. The summed E-state index contributed by atoms with van der Waals surface area (Å²) in [5, 5.41) is 21.8. The molecule has 3 aromatic carbocycles. The summed E-state index contributed by atoms with van der Waals surface area (Å²) >= 11 is 5.98. The standard InChI is InChI=1S/C27H24ClNO6/c1-3-34-20-12-10-19(11-13-20)29-24(17-7-14-21(30)22(15-17)35-4-2)23(26(32)27(29)33)25(31)16-5-8-18(28)9-6-16/h5-15,24,30-31H,3-4H2,1-2H3/b25-23-. The van der Waals surface area contributed by atoms with Crippen LogP contribution in [-0.2, 0) is 9.59 Å². The van der Waals surface area contributed by atoms with Crippen molar-refractivity contribution >= 4 is 34.7 Å². The van der Waals surface area contributed by atoms with Gasteiger partial charge in [0.1, 0.15) is 11.5 Å². The van der Waals surface area contributed by atoms with Crippen LogP contribution in [0.3, 0.4) is 0 Å². The van der Waals surface area contributed by atoms with Crippen LogP contribution in [0, 0.1) is 0 Å². The smallest absolute Gasteiger partial charge is 0.300 e. The zero-order valence-electron chi connectivity index (χ0n) is 19.2. The Morgan fingerprint density at radius 1 is 0.943 bits per heavy atom. The largest absolute Gasteiger partial charge is 0.507 e. The number of halogens is 1. The molecule has 0 radical (unpaired) electrons. The molecule has 1 amide bonds. The highest BCUT2D eigenvalue weighted by atomic mass is 35.5. The molecule has 2 N–H and O–H groups in total. The predicted molar refractivity (Wildman–Crippen MR) is 133 cm³/mol. The first kappa shape index (κ1) is 24.2. The Labute approximate surface area is 207 Å². The van der Waals surface area contributed by atoms with Gasteiger partial charge in [-0.3, -0.25) is 14.5 Å². The fraction of sp³-hybridized carbons (Fsp3) is 0.185. The van der Waals surface area contributed by atoms with E-state index in [1.165, 1.54) is 11.0 Å². The van der Waals surface area contributed by atoms with Gasteiger partial charge < -0.3 is 19.7 Å². The van der Waals surface area contributed by atoms with Gasteiger partial charge in [-0.1, -0.05) is 17.7 Å². The van der Waals surface area contributed by atoms with Crippen LogP contribution in [-0.4, -0.2) is 35.1 Å². The number of aliphatic hydroxyl groups excluding tert-OH is 1. The second kappa shape index (κ2) is 10.1. The Balaban J connectivity index is 1.91. The van der Waals surface area contributed by atoms with Gasteiger partial charge in [0.25, 0.3) is 11.7 Å². The van der Waals surface area contributed by atoms with E-state index in [4.69, 9.17) is 21.1 Å². The molecule has 3 aromatic rings. The van der Waals surface area contributed by atoms with Crippen LogP contribution in [0.4, 0.5) is 5.69 Å². The number of ketones is 1. The number of hydrogen-bond acceptors (Lipinski definition) is 6. The summed E-state index contributed by atoms with van der Waals surface area (Å²) in [5.41, 5.74) is 1.18. The van der Waals surface area contributed by atoms with E-state index in [2.05, 4.69) is 0 Å². The molecular formula is C27H24ClNO6. The fourth-order valence-electron chi connectivity index (χ4n) is 4.02. The van der Waals surface area contributed by atoms with Crippen LogP contribution < -0.4 is 14.4 Å². The van der Waals surface area contributed by atoms with Crippen LogP contribution in [0.15, 0.2) is 72.3 Å². The number of anilines is 1. The number of hydrogen-bond donors (Lipinski definition) is 2. The number of Topliss-reactive ketones (excluding diaryl/α,β-unsaturated/α-hetero) is 1. The van der Waals surface area contributed by atoms with Crippen molar-refractivity contribution in [2.24, 2.45) is 0 Å². The highest BCUT2D eigenvalue weighted by Gasteiger charge is 2.47.